The zero-order valence-electron chi connectivity index (χ0n) is 12.4. The van der Waals surface area contributed by atoms with Crippen molar-refractivity contribution in [3.05, 3.63) is 0 Å². The van der Waals surface area contributed by atoms with Crippen molar-refractivity contribution in [3.63, 3.8) is 0 Å². The largest absolute Gasteiger partial charge is 0.312 e. The number of nitrogens with one attached hydrogen (secondary N) is 1. The Hall–Kier alpha value is -0.0400. The van der Waals surface area contributed by atoms with E-state index in [-0.39, 0.29) is 5.54 Å². The van der Waals surface area contributed by atoms with Crippen molar-refractivity contribution in [1.82, 2.24) is 5.32 Å². The van der Waals surface area contributed by atoms with Gasteiger partial charge in [-0.1, -0.05) is 27.7 Å². The molecule has 0 radical (unpaired) electrons. The molecule has 1 saturated carbocycles. The molecule has 0 heterocycles. The molecule has 96 valence electrons. The Balaban J connectivity index is 2.55. The summed E-state index contributed by atoms with van der Waals surface area (Å²) in [6.07, 6.45) is 4.12. The summed E-state index contributed by atoms with van der Waals surface area (Å²) in [6, 6.07) is 0. The van der Waals surface area contributed by atoms with Crippen molar-refractivity contribution in [2.45, 2.75) is 73.3 Å². The van der Waals surface area contributed by atoms with Crippen LogP contribution in [0.2, 0.25) is 0 Å². The first-order chi connectivity index (χ1) is 6.99. The highest BCUT2D eigenvalue weighted by molar-refractivity contribution is 4.90. The lowest BCUT2D eigenvalue weighted by atomic mass is 9.61. The summed E-state index contributed by atoms with van der Waals surface area (Å²) in [6.45, 7) is 17.7. The summed E-state index contributed by atoms with van der Waals surface area (Å²) < 4.78 is 0. The SMILES string of the molecule is CC1(C)CC(CNC(C)(C)C)CC(C)(C)C1. The van der Waals surface area contributed by atoms with E-state index in [9.17, 15) is 0 Å². The van der Waals surface area contributed by atoms with Crippen molar-refractivity contribution >= 4 is 0 Å². The summed E-state index contributed by atoms with van der Waals surface area (Å²) >= 11 is 0. The minimum Gasteiger partial charge on any atom is -0.312 e. The van der Waals surface area contributed by atoms with Gasteiger partial charge in [0.25, 0.3) is 0 Å². The first kappa shape index (κ1) is 14.0. The number of hydrogen-bond acceptors (Lipinski definition) is 1. The second-order valence-electron chi connectivity index (χ2n) is 8.41. The predicted octanol–water partition coefficient (Wildman–Crippen LogP) is 4.23. The summed E-state index contributed by atoms with van der Waals surface area (Å²) in [4.78, 5) is 0. The fraction of sp³-hybridized carbons (Fsp3) is 1.00. The Morgan fingerprint density at radius 1 is 1.00 bits per heavy atom. The van der Waals surface area contributed by atoms with Gasteiger partial charge < -0.3 is 5.32 Å². The van der Waals surface area contributed by atoms with Crippen LogP contribution in [0, 0.1) is 16.7 Å². The monoisotopic (exact) mass is 225 g/mol. The van der Waals surface area contributed by atoms with Crippen LogP contribution >= 0.6 is 0 Å². The molecule has 0 aromatic heterocycles. The lowest BCUT2D eigenvalue weighted by molar-refractivity contribution is 0.0646. The van der Waals surface area contributed by atoms with Crippen LogP contribution in [0.5, 0.6) is 0 Å². The van der Waals surface area contributed by atoms with Gasteiger partial charge in [-0.25, -0.2) is 0 Å². The zero-order chi connectivity index (χ0) is 12.6. The van der Waals surface area contributed by atoms with Crippen molar-refractivity contribution in [3.8, 4) is 0 Å². The second kappa shape index (κ2) is 4.33. The van der Waals surface area contributed by atoms with Crippen LogP contribution in [0.15, 0.2) is 0 Å². The average Bonchev–Trinajstić information content (AvgIpc) is 1.93. The van der Waals surface area contributed by atoms with E-state index in [0.29, 0.717) is 10.8 Å². The molecule has 0 bridgehead atoms. The lowest BCUT2D eigenvalue weighted by Gasteiger charge is -2.45. The van der Waals surface area contributed by atoms with Crippen molar-refractivity contribution in [2.75, 3.05) is 6.54 Å². The van der Waals surface area contributed by atoms with Crippen LogP contribution in [0.1, 0.15) is 67.7 Å². The van der Waals surface area contributed by atoms with Crippen LogP contribution in [0.3, 0.4) is 0 Å². The molecule has 0 unspecified atom stereocenters. The van der Waals surface area contributed by atoms with Crippen molar-refractivity contribution in [2.24, 2.45) is 16.7 Å². The van der Waals surface area contributed by atoms with Gasteiger partial charge in [0.1, 0.15) is 0 Å². The Bertz CT molecular complexity index is 216. The zero-order valence-corrected chi connectivity index (χ0v) is 12.4. The van der Waals surface area contributed by atoms with E-state index in [1.807, 2.05) is 0 Å². The van der Waals surface area contributed by atoms with Crippen LogP contribution < -0.4 is 5.32 Å². The average molecular weight is 225 g/mol. The molecule has 1 N–H and O–H groups in total. The molecule has 1 heteroatoms. The van der Waals surface area contributed by atoms with E-state index >= 15 is 0 Å². The summed E-state index contributed by atoms with van der Waals surface area (Å²) in [7, 11) is 0. The van der Waals surface area contributed by atoms with Crippen LogP contribution in [0.25, 0.3) is 0 Å². The normalized spacial score (nSPS) is 25.7. The fourth-order valence-electron chi connectivity index (χ4n) is 3.67. The number of rotatable bonds is 2. The van der Waals surface area contributed by atoms with E-state index in [4.69, 9.17) is 0 Å². The predicted molar refractivity (Wildman–Crippen MR) is 72.7 cm³/mol. The van der Waals surface area contributed by atoms with E-state index < -0.39 is 0 Å². The van der Waals surface area contributed by atoms with Gasteiger partial charge in [0.2, 0.25) is 0 Å². The molecule has 1 nitrogen and oxygen atoms in total. The topological polar surface area (TPSA) is 12.0 Å². The third-order valence-electron chi connectivity index (χ3n) is 3.56. The maximum absolute atomic E-state index is 3.67. The molecule has 0 aliphatic heterocycles. The van der Waals surface area contributed by atoms with Gasteiger partial charge in [0.15, 0.2) is 0 Å². The fourth-order valence-corrected chi connectivity index (χ4v) is 3.67. The highest BCUT2D eigenvalue weighted by Gasteiger charge is 2.38. The van der Waals surface area contributed by atoms with E-state index in [1.165, 1.54) is 25.8 Å². The first-order valence-corrected chi connectivity index (χ1v) is 6.74. The maximum Gasteiger partial charge on any atom is 0.00966 e. The summed E-state index contributed by atoms with van der Waals surface area (Å²) in [5, 5.41) is 3.67. The highest BCUT2D eigenvalue weighted by Crippen LogP contribution is 2.48. The smallest absolute Gasteiger partial charge is 0.00966 e. The van der Waals surface area contributed by atoms with Gasteiger partial charge >= 0.3 is 0 Å². The Morgan fingerprint density at radius 2 is 1.44 bits per heavy atom. The molecule has 0 atom stereocenters. The molecule has 1 fully saturated rings. The van der Waals surface area contributed by atoms with Gasteiger partial charge in [-0.05, 0) is 63.3 Å². The Morgan fingerprint density at radius 3 is 1.81 bits per heavy atom. The summed E-state index contributed by atoms with van der Waals surface area (Å²) in [5.41, 5.74) is 1.30. The van der Waals surface area contributed by atoms with Gasteiger partial charge in [-0.3, -0.25) is 0 Å². The molecule has 0 aromatic rings. The number of hydrogen-bond donors (Lipinski definition) is 1. The summed E-state index contributed by atoms with van der Waals surface area (Å²) in [5.74, 6) is 0.845. The maximum atomic E-state index is 3.67. The molecule has 1 aliphatic carbocycles. The lowest BCUT2D eigenvalue weighted by Crippen LogP contribution is -2.43. The second-order valence-corrected chi connectivity index (χ2v) is 8.41. The van der Waals surface area contributed by atoms with E-state index in [0.717, 1.165) is 5.92 Å². The van der Waals surface area contributed by atoms with Crippen LogP contribution in [-0.4, -0.2) is 12.1 Å². The molecule has 0 amide bonds. The first-order valence-electron chi connectivity index (χ1n) is 6.74. The molecule has 0 saturated heterocycles. The van der Waals surface area contributed by atoms with Crippen LogP contribution in [0.4, 0.5) is 0 Å². The van der Waals surface area contributed by atoms with Gasteiger partial charge in [0, 0.05) is 5.54 Å². The highest BCUT2D eigenvalue weighted by atomic mass is 14.9. The van der Waals surface area contributed by atoms with E-state index in [2.05, 4.69) is 53.8 Å². The molecule has 16 heavy (non-hydrogen) atoms. The minimum atomic E-state index is 0.256. The standard InChI is InChI=1S/C15H31N/c1-13(2,3)16-10-12-8-14(4,5)11-15(6,7)9-12/h12,16H,8-11H2,1-7H3. The third kappa shape index (κ3) is 4.86. The Kier molecular flexibility index (Phi) is 3.79. The van der Waals surface area contributed by atoms with Gasteiger partial charge in [0.05, 0.1) is 0 Å². The van der Waals surface area contributed by atoms with Crippen molar-refractivity contribution in [1.29, 1.82) is 0 Å². The molecule has 0 spiro atoms. The molecule has 1 aliphatic rings. The molecular weight excluding hydrogens is 194 g/mol. The van der Waals surface area contributed by atoms with Crippen molar-refractivity contribution < 1.29 is 0 Å². The quantitative estimate of drug-likeness (QED) is 0.741. The minimum absolute atomic E-state index is 0.256. The van der Waals surface area contributed by atoms with Gasteiger partial charge in [-0.2, -0.15) is 0 Å². The molecular formula is C15H31N. The third-order valence-corrected chi connectivity index (χ3v) is 3.56. The molecule has 0 aromatic carbocycles. The van der Waals surface area contributed by atoms with E-state index in [1.54, 1.807) is 0 Å². The van der Waals surface area contributed by atoms with Crippen LogP contribution in [-0.2, 0) is 0 Å². The molecule has 1 rings (SSSR count). The Labute approximate surface area is 102 Å². The van der Waals surface area contributed by atoms with Gasteiger partial charge in [-0.15, -0.1) is 0 Å².